The normalized spacial score (nSPS) is 23.4. The molecule has 3 rings (SSSR count). The second-order valence-electron chi connectivity index (χ2n) is 7.87. The molecule has 2 aromatic rings. The smallest absolute Gasteiger partial charge is 0.303 e. The third-order valence-corrected chi connectivity index (χ3v) is 6.08. The molecule has 0 saturated carbocycles. The maximum Gasteiger partial charge on any atom is 0.303 e. The van der Waals surface area contributed by atoms with Crippen molar-refractivity contribution in [3.05, 3.63) is 42.2 Å². The zero-order valence-electron chi connectivity index (χ0n) is 20.2. The first-order valence-electron chi connectivity index (χ1n) is 11.0. The van der Waals surface area contributed by atoms with Gasteiger partial charge in [-0.2, -0.15) is 0 Å². The standard InChI is InChI=1S/C23H27N3O9S/c1-13(27)31-11-19-20(32-14(2)28)21(33-15(3)29)22(34-16(4)30)23(35-19)36-12-17-10-26(25-24-17)18-8-6-5-7-9-18/h5-10,19-23H,11-12H2,1-4H3/t19-,20+,21+,22-,23?/m0/s1. The molecule has 1 aliphatic rings. The van der Waals surface area contributed by atoms with Gasteiger partial charge < -0.3 is 23.7 Å². The van der Waals surface area contributed by atoms with Crippen LogP contribution in [-0.4, -0.2) is 75.3 Å². The summed E-state index contributed by atoms with van der Waals surface area (Å²) in [7, 11) is 0. The molecule has 1 saturated heterocycles. The van der Waals surface area contributed by atoms with Crippen LogP contribution in [0.1, 0.15) is 33.4 Å². The van der Waals surface area contributed by atoms with Gasteiger partial charge in [0.2, 0.25) is 0 Å². The second-order valence-corrected chi connectivity index (χ2v) is 8.96. The van der Waals surface area contributed by atoms with Gasteiger partial charge in [-0.3, -0.25) is 19.2 Å². The van der Waals surface area contributed by atoms with Crippen LogP contribution in [0.2, 0.25) is 0 Å². The molecule has 1 aromatic heterocycles. The highest BCUT2D eigenvalue weighted by Crippen LogP contribution is 2.35. The van der Waals surface area contributed by atoms with E-state index >= 15 is 0 Å². The number of carbonyl (C=O) groups excluding carboxylic acids is 4. The number of thioether (sulfide) groups is 1. The summed E-state index contributed by atoms with van der Waals surface area (Å²) in [4.78, 5) is 47.1. The minimum absolute atomic E-state index is 0.279. The number of hydrogen-bond donors (Lipinski definition) is 0. The van der Waals surface area contributed by atoms with Crippen molar-refractivity contribution in [2.24, 2.45) is 0 Å². The van der Waals surface area contributed by atoms with Crippen LogP contribution < -0.4 is 0 Å². The summed E-state index contributed by atoms with van der Waals surface area (Å²) >= 11 is 1.21. The fraction of sp³-hybridized carbons (Fsp3) is 0.478. The lowest BCUT2D eigenvalue weighted by Gasteiger charge is -2.44. The van der Waals surface area contributed by atoms with Crippen LogP contribution in [0, 0.1) is 0 Å². The molecule has 194 valence electrons. The molecule has 12 nitrogen and oxygen atoms in total. The number of carbonyl (C=O) groups is 4. The summed E-state index contributed by atoms with van der Waals surface area (Å²) in [5, 5.41) is 8.29. The Hall–Kier alpha value is -3.45. The molecule has 1 aromatic carbocycles. The topological polar surface area (TPSA) is 145 Å². The molecule has 2 heterocycles. The minimum atomic E-state index is -1.21. The van der Waals surface area contributed by atoms with Gasteiger partial charge in [0.15, 0.2) is 18.3 Å². The van der Waals surface area contributed by atoms with Crippen LogP contribution in [0.15, 0.2) is 36.5 Å². The first-order chi connectivity index (χ1) is 17.1. The van der Waals surface area contributed by atoms with Gasteiger partial charge in [0.05, 0.1) is 17.6 Å². The second kappa shape index (κ2) is 12.5. The van der Waals surface area contributed by atoms with Crippen LogP contribution in [0.5, 0.6) is 0 Å². The Morgan fingerprint density at radius 3 is 2.11 bits per heavy atom. The lowest BCUT2D eigenvalue weighted by molar-refractivity contribution is -0.237. The summed E-state index contributed by atoms with van der Waals surface area (Å²) in [6, 6.07) is 9.41. The monoisotopic (exact) mass is 521 g/mol. The molecular formula is C23H27N3O9S. The van der Waals surface area contributed by atoms with Crippen molar-refractivity contribution in [1.82, 2.24) is 15.0 Å². The van der Waals surface area contributed by atoms with Crippen molar-refractivity contribution in [2.45, 2.75) is 63.3 Å². The molecule has 13 heteroatoms. The fourth-order valence-corrected chi connectivity index (χ4v) is 4.65. The number of nitrogens with zero attached hydrogens (tertiary/aromatic N) is 3. The van der Waals surface area contributed by atoms with Crippen molar-refractivity contribution in [2.75, 3.05) is 6.61 Å². The van der Waals surface area contributed by atoms with Crippen LogP contribution >= 0.6 is 11.8 Å². The molecular weight excluding hydrogens is 494 g/mol. The molecule has 1 aliphatic heterocycles. The molecule has 0 N–H and O–H groups in total. The van der Waals surface area contributed by atoms with Gasteiger partial charge in [-0.25, -0.2) is 4.68 Å². The average molecular weight is 522 g/mol. The zero-order valence-corrected chi connectivity index (χ0v) is 21.0. The maximum atomic E-state index is 11.9. The van der Waals surface area contributed by atoms with Crippen molar-refractivity contribution >= 4 is 35.6 Å². The Kier molecular flexibility index (Phi) is 9.42. The fourth-order valence-electron chi connectivity index (χ4n) is 3.56. The number of aromatic nitrogens is 3. The predicted octanol–water partition coefficient (Wildman–Crippen LogP) is 1.58. The highest BCUT2D eigenvalue weighted by molar-refractivity contribution is 7.99. The van der Waals surface area contributed by atoms with Gasteiger partial charge in [0.25, 0.3) is 0 Å². The van der Waals surface area contributed by atoms with E-state index in [0.717, 1.165) is 5.69 Å². The highest BCUT2D eigenvalue weighted by atomic mass is 32.2. The number of rotatable bonds is 9. The van der Waals surface area contributed by atoms with Gasteiger partial charge in [-0.15, -0.1) is 16.9 Å². The third kappa shape index (κ3) is 7.52. The summed E-state index contributed by atoms with van der Waals surface area (Å²) in [6.07, 6.45) is -2.77. The van der Waals surface area contributed by atoms with Crippen molar-refractivity contribution < 1.29 is 42.9 Å². The molecule has 0 amide bonds. The van der Waals surface area contributed by atoms with E-state index in [1.54, 1.807) is 10.9 Å². The van der Waals surface area contributed by atoms with Gasteiger partial charge in [0, 0.05) is 33.4 Å². The number of ether oxygens (including phenoxy) is 5. The summed E-state index contributed by atoms with van der Waals surface area (Å²) < 4.78 is 29.0. The van der Waals surface area contributed by atoms with Crippen molar-refractivity contribution in [3.63, 3.8) is 0 Å². The molecule has 36 heavy (non-hydrogen) atoms. The minimum Gasteiger partial charge on any atom is -0.463 e. The SMILES string of the molecule is CC(=O)OC[C@@H]1OC(SCc2cn(-c3ccccc3)nn2)[C@@H](OC(C)=O)[C@H](OC(C)=O)[C@@H]1OC(C)=O. The summed E-state index contributed by atoms with van der Waals surface area (Å²) in [6.45, 7) is 4.49. The van der Waals surface area contributed by atoms with E-state index in [1.165, 1.54) is 39.5 Å². The average Bonchev–Trinajstić information content (AvgIpc) is 3.28. The quantitative estimate of drug-likeness (QED) is 0.349. The van der Waals surface area contributed by atoms with Crippen LogP contribution in [0.4, 0.5) is 0 Å². The first-order valence-corrected chi connectivity index (χ1v) is 12.1. The van der Waals surface area contributed by atoms with Gasteiger partial charge in [-0.1, -0.05) is 23.4 Å². The molecule has 0 radical (unpaired) electrons. The Labute approximate surface area is 211 Å². The number of hydrogen-bond acceptors (Lipinski definition) is 12. The molecule has 1 fully saturated rings. The van der Waals surface area contributed by atoms with E-state index in [9.17, 15) is 19.2 Å². The van der Waals surface area contributed by atoms with E-state index in [1.807, 2.05) is 30.3 Å². The van der Waals surface area contributed by atoms with E-state index in [0.29, 0.717) is 11.4 Å². The Bertz CT molecular complexity index is 1080. The van der Waals surface area contributed by atoms with Crippen LogP contribution in [0.3, 0.4) is 0 Å². The maximum absolute atomic E-state index is 11.9. The Morgan fingerprint density at radius 1 is 0.889 bits per heavy atom. The van der Waals surface area contributed by atoms with E-state index < -0.39 is 53.7 Å². The molecule has 0 spiro atoms. The number of benzene rings is 1. The first kappa shape index (κ1) is 27.1. The van der Waals surface area contributed by atoms with E-state index in [-0.39, 0.29) is 6.61 Å². The van der Waals surface area contributed by atoms with Crippen LogP contribution in [-0.2, 0) is 48.6 Å². The van der Waals surface area contributed by atoms with Crippen LogP contribution in [0.25, 0.3) is 5.69 Å². The Balaban J connectivity index is 1.85. The van der Waals surface area contributed by atoms with Crippen molar-refractivity contribution in [1.29, 1.82) is 0 Å². The number of para-hydroxylation sites is 1. The summed E-state index contributed by atoms with van der Waals surface area (Å²) in [5.74, 6) is -2.30. The Morgan fingerprint density at radius 2 is 1.50 bits per heavy atom. The van der Waals surface area contributed by atoms with Crippen molar-refractivity contribution in [3.8, 4) is 5.69 Å². The third-order valence-electron chi connectivity index (χ3n) is 4.91. The largest absolute Gasteiger partial charge is 0.463 e. The van der Waals surface area contributed by atoms with E-state index in [2.05, 4.69) is 10.3 Å². The van der Waals surface area contributed by atoms with E-state index in [4.69, 9.17) is 23.7 Å². The van der Waals surface area contributed by atoms with Gasteiger partial charge in [-0.05, 0) is 12.1 Å². The van der Waals surface area contributed by atoms with Gasteiger partial charge >= 0.3 is 23.9 Å². The lowest BCUT2D eigenvalue weighted by Crippen LogP contribution is -2.61. The number of esters is 4. The zero-order chi connectivity index (χ0) is 26.2. The molecule has 1 unspecified atom stereocenters. The predicted molar refractivity (Wildman–Crippen MR) is 125 cm³/mol. The molecule has 0 aliphatic carbocycles. The molecule has 5 atom stereocenters. The lowest BCUT2D eigenvalue weighted by atomic mass is 9.99. The highest BCUT2D eigenvalue weighted by Gasteiger charge is 2.52. The van der Waals surface area contributed by atoms with Gasteiger partial charge in [0.1, 0.15) is 18.1 Å². The molecule has 0 bridgehead atoms. The summed E-state index contributed by atoms with van der Waals surface area (Å²) in [5.41, 5.74) is 0.553.